The summed E-state index contributed by atoms with van der Waals surface area (Å²) in [5, 5.41) is 8.62. The second-order valence-corrected chi connectivity index (χ2v) is 8.55. The number of nitrogens with zero attached hydrogens (tertiary/aromatic N) is 4. The van der Waals surface area contributed by atoms with Crippen LogP contribution in [0.4, 0.5) is 0 Å². The molecule has 0 bridgehead atoms. The van der Waals surface area contributed by atoms with Crippen molar-refractivity contribution in [1.82, 2.24) is 24.6 Å². The Hall–Kier alpha value is -2.39. The Kier molecular flexibility index (Phi) is 7.01. The molecule has 2 aromatic carbocycles. The maximum absolute atomic E-state index is 10.8. The molecule has 1 aliphatic rings. The summed E-state index contributed by atoms with van der Waals surface area (Å²) in [5.74, 6) is 0.523. The van der Waals surface area contributed by atoms with Gasteiger partial charge in [0.15, 0.2) is 0 Å². The van der Waals surface area contributed by atoms with E-state index in [1.54, 1.807) is 0 Å². The third kappa shape index (κ3) is 5.82. The van der Waals surface area contributed by atoms with Crippen molar-refractivity contribution in [2.75, 3.05) is 13.1 Å². The lowest BCUT2D eigenvalue weighted by Crippen LogP contribution is -2.32. The van der Waals surface area contributed by atoms with Crippen molar-refractivity contribution in [2.45, 2.75) is 38.4 Å². The van der Waals surface area contributed by atoms with Gasteiger partial charge in [0, 0.05) is 13.1 Å². The average Bonchev–Trinajstić information content (AvgIpc) is 3.20. The van der Waals surface area contributed by atoms with Crippen LogP contribution in [0, 0.1) is 0 Å². The first-order valence-corrected chi connectivity index (χ1v) is 11.3. The molecule has 2 heterocycles. The minimum Gasteiger partial charge on any atom is -0.297 e. The largest absolute Gasteiger partial charge is 0.297 e. The first kappa shape index (κ1) is 20.9. The molecule has 0 aliphatic carbocycles. The van der Waals surface area contributed by atoms with Crippen LogP contribution in [0.2, 0.25) is 0 Å². The Morgan fingerprint density at radius 2 is 1.80 bits per heavy atom. The van der Waals surface area contributed by atoms with Crippen LogP contribution in [0.15, 0.2) is 60.8 Å². The van der Waals surface area contributed by atoms with Crippen LogP contribution in [0.25, 0.3) is 0 Å². The number of piperidine rings is 1. The Bertz CT molecular complexity index is 970. The quantitative estimate of drug-likeness (QED) is 0.542. The van der Waals surface area contributed by atoms with E-state index >= 15 is 0 Å². The maximum atomic E-state index is 10.8. The van der Waals surface area contributed by atoms with Crippen molar-refractivity contribution in [1.29, 1.82) is 0 Å². The van der Waals surface area contributed by atoms with Gasteiger partial charge in [0.25, 0.3) is 0 Å². The molecule has 158 valence electrons. The van der Waals surface area contributed by atoms with Gasteiger partial charge in [-0.05, 0) is 48.5 Å². The van der Waals surface area contributed by atoms with Crippen LogP contribution < -0.4 is 4.72 Å². The molecule has 7 nitrogen and oxygen atoms in total. The number of rotatable bonds is 8. The molecule has 2 N–H and O–H groups in total. The molecule has 0 saturated carbocycles. The summed E-state index contributed by atoms with van der Waals surface area (Å²) in [4.78, 5) is 2.44. The smallest absolute Gasteiger partial charge is 0.232 e. The molecular weight excluding hydrogens is 398 g/mol. The fraction of sp³-hybridized carbons (Fsp3) is 0.364. The molecule has 3 aromatic rings. The SMILES string of the molecule is O=S(O)NCc1cccc(C2CCN(Cc3cn(Cc4ccccc4)nn3)CC2)c1. The summed E-state index contributed by atoms with van der Waals surface area (Å²) in [6.45, 7) is 4.02. The van der Waals surface area contributed by atoms with Crippen LogP contribution in [-0.4, -0.2) is 41.7 Å². The highest BCUT2D eigenvalue weighted by molar-refractivity contribution is 7.77. The Morgan fingerprint density at radius 3 is 2.57 bits per heavy atom. The van der Waals surface area contributed by atoms with Gasteiger partial charge >= 0.3 is 0 Å². The number of nitrogens with one attached hydrogen (secondary N) is 1. The number of hydrogen-bond acceptors (Lipinski definition) is 4. The Balaban J connectivity index is 1.28. The zero-order chi connectivity index (χ0) is 20.8. The van der Waals surface area contributed by atoms with Crippen molar-refractivity contribution in [3.05, 3.63) is 83.2 Å². The van der Waals surface area contributed by atoms with Crippen molar-refractivity contribution >= 4 is 11.3 Å². The highest BCUT2D eigenvalue weighted by atomic mass is 32.2. The molecule has 1 atom stereocenters. The Labute approximate surface area is 179 Å². The summed E-state index contributed by atoms with van der Waals surface area (Å²) in [7, 11) is 0. The zero-order valence-corrected chi connectivity index (χ0v) is 17.7. The lowest BCUT2D eigenvalue weighted by atomic mass is 9.88. The van der Waals surface area contributed by atoms with Crippen molar-refractivity contribution < 1.29 is 8.76 Å². The fourth-order valence-corrected chi connectivity index (χ4v) is 4.30. The summed E-state index contributed by atoms with van der Waals surface area (Å²) < 4.78 is 24.2. The van der Waals surface area contributed by atoms with E-state index in [2.05, 4.69) is 44.2 Å². The van der Waals surface area contributed by atoms with Gasteiger partial charge in [-0.25, -0.2) is 13.6 Å². The lowest BCUT2D eigenvalue weighted by Gasteiger charge is -2.31. The van der Waals surface area contributed by atoms with Gasteiger partial charge in [-0.1, -0.05) is 59.8 Å². The summed E-state index contributed by atoms with van der Waals surface area (Å²) in [5.41, 5.74) is 4.57. The van der Waals surface area contributed by atoms with E-state index in [0.29, 0.717) is 12.5 Å². The van der Waals surface area contributed by atoms with Crippen molar-refractivity contribution in [2.24, 2.45) is 0 Å². The Morgan fingerprint density at radius 1 is 1.03 bits per heavy atom. The van der Waals surface area contributed by atoms with Crippen LogP contribution in [-0.2, 0) is 30.9 Å². The van der Waals surface area contributed by atoms with Crippen molar-refractivity contribution in [3.63, 3.8) is 0 Å². The predicted molar refractivity (Wildman–Crippen MR) is 117 cm³/mol. The topological polar surface area (TPSA) is 83.3 Å². The molecular formula is C22H27N5O2S. The van der Waals surface area contributed by atoms with Gasteiger partial charge < -0.3 is 0 Å². The minimum atomic E-state index is -1.98. The first-order valence-electron chi connectivity index (χ1n) is 10.2. The van der Waals surface area contributed by atoms with E-state index in [-0.39, 0.29) is 0 Å². The van der Waals surface area contributed by atoms with E-state index in [1.807, 2.05) is 41.2 Å². The fourth-order valence-electron chi connectivity index (χ4n) is 4.01. The summed E-state index contributed by atoms with van der Waals surface area (Å²) in [6, 6.07) is 18.6. The molecule has 0 radical (unpaired) electrons. The first-order chi connectivity index (χ1) is 14.7. The molecule has 1 aromatic heterocycles. The number of hydrogen-bond donors (Lipinski definition) is 2. The van der Waals surface area contributed by atoms with Crippen LogP contribution in [0.1, 0.15) is 41.1 Å². The summed E-state index contributed by atoms with van der Waals surface area (Å²) in [6.07, 6.45) is 4.24. The third-order valence-corrected chi connectivity index (χ3v) is 5.96. The normalized spacial score (nSPS) is 16.6. The lowest BCUT2D eigenvalue weighted by molar-refractivity contribution is 0.202. The predicted octanol–water partition coefficient (Wildman–Crippen LogP) is 2.93. The monoisotopic (exact) mass is 425 g/mol. The van der Waals surface area contributed by atoms with Gasteiger partial charge in [0.1, 0.15) is 0 Å². The number of aromatic nitrogens is 3. The molecule has 8 heteroatoms. The molecule has 1 aliphatic heterocycles. The van der Waals surface area contributed by atoms with Gasteiger partial charge in [-0.3, -0.25) is 9.45 Å². The molecule has 30 heavy (non-hydrogen) atoms. The highest BCUT2D eigenvalue weighted by Gasteiger charge is 2.21. The van der Waals surface area contributed by atoms with E-state index in [4.69, 9.17) is 4.55 Å². The number of likely N-dealkylation sites (tertiary alicyclic amines) is 1. The van der Waals surface area contributed by atoms with E-state index in [1.165, 1.54) is 11.1 Å². The standard InChI is InChI=1S/C22H27N5O2S/c28-30(29)23-14-19-7-4-8-21(13-19)20-9-11-26(12-10-20)16-22-17-27(25-24-22)15-18-5-2-1-3-6-18/h1-8,13,17,20,23H,9-12,14-16H2,(H,28,29). The molecule has 0 spiro atoms. The van der Waals surface area contributed by atoms with Gasteiger partial charge in [0.05, 0.1) is 18.4 Å². The van der Waals surface area contributed by atoms with E-state index in [0.717, 1.165) is 50.3 Å². The van der Waals surface area contributed by atoms with Gasteiger partial charge in [-0.15, -0.1) is 5.10 Å². The average molecular weight is 426 g/mol. The summed E-state index contributed by atoms with van der Waals surface area (Å²) >= 11 is -1.98. The van der Waals surface area contributed by atoms with E-state index in [9.17, 15) is 4.21 Å². The second kappa shape index (κ2) is 10.1. The molecule has 1 fully saturated rings. The van der Waals surface area contributed by atoms with Crippen molar-refractivity contribution in [3.8, 4) is 0 Å². The molecule has 1 unspecified atom stereocenters. The van der Waals surface area contributed by atoms with E-state index < -0.39 is 11.3 Å². The third-order valence-electron chi connectivity index (χ3n) is 5.57. The molecule has 4 rings (SSSR count). The maximum Gasteiger partial charge on any atom is 0.232 e. The number of benzene rings is 2. The van der Waals surface area contributed by atoms with Crippen LogP contribution >= 0.6 is 0 Å². The van der Waals surface area contributed by atoms with Crippen LogP contribution in [0.3, 0.4) is 0 Å². The second-order valence-electron chi connectivity index (χ2n) is 7.76. The zero-order valence-electron chi connectivity index (χ0n) is 16.9. The van der Waals surface area contributed by atoms with Crippen LogP contribution in [0.5, 0.6) is 0 Å². The van der Waals surface area contributed by atoms with Gasteiger partial charge in [-0.2, -0.15) is 0 Å². The van der Waals surface area contributed by atoms with Gasteiger partial charge in [0.2, 0.25) is 11.3 Å². The molecule has 0 amide bonds. The minimum absolute atomic E-state index is 0.397. The highest BCUT2D eigenvalue weighted by Crippen LogP contribution is 2.29. The molecule has 1 saturated heterocycles.